The van der Waals surface area contributed by atoms with Crippen molar-refractivity contribution in [2.45, 2.75) is 69.7 Å². The van der Waals surface area contributed by atoms with Gasteiger partial charge in [-0.1, -0.05) is 0 Å². The van der Waals surface area contributed by atoms with Crippen LogP contribution in [0.15, 0.2) is 0 Å². The molecule has 23 heavy (non-hydrogen) atoms. The molecule has 0 radical (unpaired) electrons. The van der Waals surface area contributed by atoms with E-state index in [-0.39, 0.29) is 6.61 Å². The van der Waals surface area contributed by atoms with E-state index in [0.717, 1.165) is 0 Å². The van der Waals surface area contributed by atoms with Crippen LogP contribution in [0.5, 0.6) is 0 Å². The summed E-state index contributed by atoms with van der Waals surface area (Å²) in [5.41, 5.74) is 0. The molecular weight excluding hydrogens is 308 g/mol. The predicted molar refractivity (Wildman–Crippen MR) is 78.5 cm³/mol. The number of fused-ring (bicyclic) bond motifs is 1. The molecule has 0 amide bonds. The molecule has 2 aliphatic heterocycles. The van der Waals surface area contributed by atoms with Gasteiger partial charge in [0.15, 0.2) is 17.9 Å². The lowest BCUT2D eigenvalue weighted by Crippen LogP contribution is -2.66. The average Bonchev–Trinajstić information content (AvgIpc) is 2.84. The molecule has 0 aromatic heterocycles. The molecule has 136 valence electrons. The fraction of sp³-hybridized carbons (Fsp3) is 1.00. The van der Waals surface area contributed by atoms with Crippen molar-refractivity contribution in [2.75, 3.05) is 27.9 Å². The average molecular weight is 336 g/mol. The molecular formula is C15H28O8. The summed E-state index contributed by atoms with van der Waals surface area (Å²) in [6, 6.07) is 0. The first-order chi connectivity index (χ1) is 10.6. The Labute approximate surface area is 136 Å². The zero-order valence-electron chi connectivity index (χ0n) is 14.8. The first-order valence-electron chi connectivity index (χ1n) is 7.58. The standard InChI is InChI=1S/C15H28O8/c1-13(2,18-6)20-8-15(19-7)11-10(21-14(3,4)22-11)9(16)12(17-5)23-15/h9-12,16H,8H2,1-7H3/t9-,10-,11-,12-,15-/m1/s1. The highest BCUT2D eigenvalue weighted by Crippen LogP contribution is 2.43. The van der Waals surface area contributed by atoms with Gasteiger partial charge in [0.1, 0.15) is 24.9 Å². The van der Waals surface area contributed by atoms with Crippen molar-refractivity contribution in [1.29, 1.82) is 0 Å². The Morgan fingerprint density at radius 1 is 1.09 bits per heavy atom. The Bertz CT molecular complexity index is 412. The number of hydrogen-bond donors (Lipinski definition) is 1. The number of methoxy groups -OCH3 is 3. The van der Waals surface area contributed by atoms with Crippen LogP contribution < -0.4 is 0 Å². The molecule has 0 bridgehead atoms. The zero-order valence-corrected chi connectivity index (χ0v) is 14.8. The van der Waals surface area contributed by atoms with Crippen LogP contribution in [0.4, 0.5) is 0 Å². The van der Waals surface area contributed by atoms with Gasteiger partial charge >= 0.3 is 0 Å². The summed E-state index contributed by atoms with van der Waals surface area (Å²) in [6.45, 7) is 7.09. The van der Waals surface area contributed by atoms with E-state index < -0.39 is 42.0 Å². The molecule has 2 fully saturated rings. The second-order valence-electron chi connectivity index (χ2n) is 6.64. The number of hydrogen-bond acceptors (Lipinski definition) is 8. The topological polar surface area (TPSA) is 84.8 Å². The largest absolute Gasteiger partial charge is 0.385 e. The van der Waals surface area contributed by atoms with E-state index in [1.54, 1.807) is 34.8 Å². The molecule has 2 saturated heterocycles. The Morgan fingerprint density at radius 2 is 1.74 bits per heavy atom. The van der Waals surface area contributed by atoms with Gasteiger partial charge in [0, 0.05) is 21.3 Å². The third-order valence-electron chi connectivity index (χ3n) is 4.18. The van der Waals surface area contributed by atoms with Crippen LogP contribution in [0, 0.1) is 0 Å². The van der Waals surface area contributed by atoms with Crippen molar-refractivity contribution in [3.63, 3.8) is 0 Å². The highest BCUT2D eigenvalue weighted by Gasteiger charge is 2.63. The minimum absolute atomic E-state index is 0.0114. The predicted octanol–water partition coefficient (Wildman–Crippen LogP) is 0.612. The Kier molecular flexibility index (Phi) is 5.40. The van der Waals surface area contributed by atoms with E-state index in [2.05, 4.69) is 0 Å². The van der Waals surface area contributed by atoms with E-state index in [4.69, 9.17) is 33.2 Å². The molecule has 0 spiro atoms. The monoisotopic (exact) mass is 336 g/mol. The molecule has 2 rings (SSSR count). The minimum atomic E-state index is -1.30. The summed E-state index contributed by atoms with van der Waals surface area (Å²) in [5, 5.41) is 10.4. The molecule has 0 aliphatic carbocycles. The lowest BCUT2D eigenvalue weighted by atomic mass is 9.96. The van der Waals surface area contributed by atoms with Crippen molar-refractivity contribution < 1.29 is 38.3 Å². The van der Waals surface area contributed by atoms with Crippen molar-refractivity contribution >= 4 is 0 Å². The highest BCUT2D eigenvalue weighted by molar-refractivity contribution is 5.01. The second kappa shape index (κ2) is 6.53. The molecule has 0 unspecified atom stereocenters. The molecule has 0 aromatic carbocycles. The second-order valence-corrected chi connectivity index (χ2v) is 6.64. The third-order valence-corrected chi connectivity index (χ3v) is 4.18. The summed E-state index contributed by atoms with van der Waals surface area (Å²) in [5.74, 6) is -3.02. The van der Waals surface area contributed by atoms with Crippen molar-refractivity contribution in [3.05, 3.63) is 0 Å². The number of aliphatic hydroxyl groups excluding tert-OH is 1. The summed E-state index contributed by atoms with van der Waals surface area (Å²) >= 11 is 0. The summed E-state index contributed by atoms with van der Waals surface area (Å²) in [6.07, 6.45) is -3.29. The van der Waals surface area contributed by atoms with Crippen LogP contribution >= 0.6 is 0 Å². The Hall–Kier alpha value is -0.320. The maximum Gasteiger partial charge on any atom is 0.224 e. The normalized spacial score (nSPS) is 40.2. The first kappa shape index (κ1) is 19.0. The summed E-state index contributed by atoms with van der Waals surface area (Å²) in [7, 11) is 4.47. The van der Waals surface area contributed by atoms with Gasteiger partial charge in [-0.2, -0.15) is 0 Å². The Balaban J connectivity index is 2.28. The molecule has 2 aliphatic rings. The van der Waals surface area contributed by atoms with E-state index >= 15 is 0 Å². The van der Waals surface area contributed by atoms with Gasteiger partial charge in [0.25, 0.3) is 0 Å². The number of rotatable bonds is 6. The SMILES string of the molecule is CO[C@@H]1O[C@@](COC(C)(C)OC)(OC)[C@@H]2OC(C)(C)O[C@@H]2[C@H]1O. The summed E-state index contributed by atoms with van der Waals surface area (Å²) < 4.78 is 39.4. The minimum Gasteiger partial charge on any atom is -0.385 e. The van der Waals surface area contributed by atoms with Gasteiger partial charge in [-0.15, -0.1) is 0 Å². The number of ether oxygens (including phenoxy) is 7. The van der Waals surface area contributed by atoms with Crippen LogP contribution in [0.25, 0.3) is 0 Å². The maximum atomic E-state index is 10.4. The summed E-state index contributed by atoms with van der Waals surface area (Å²) in [4.78, 5) is 0. The fourth-order valence-electron chi connectivity index (χ4n) is 2.73. The highest BCUT2D eigenvalue weighted by atomic mass is 16.8. The quantitative estimate of drug-likeness (QED) is 0.706. The van der Waals surface area contributed by atoms with E-state index in [1.807, 2.05) is 0 Å². The van der Waals surface area contributed by atoms with Gasteiger partial charge in [-0.3, -0.25) is 0 Å². The van der Waals surface area contributed by atoms with Crippen LogP contribution in [0.3, 0.4) is 0 Å². The molecule has 2 heterocycles. The Morgan fingerprint density at radius 3 is 2.26 bits per heavy atom. The van der Waals surface area contributed by atoms with Crippen molar-refractivity contribution in [2.24, 2.45) is 0 Å². The fourth-order valence-corrected chi connectivity index (χ4v) is 2.73. The van der Waals surface area contributed by atoms with E-state index in [1.165, 1.54) is 14.2 Å². The molecule has 0 aromatic rings. The van der Waals surface area contributed by atoms with E-state index in [0.29, 0.717) is 0 Å². The van der Waals surface area contributed by atoms with Crippen LogP contribution in [-0.2, 0) is 33.2 Å². The molecule has 5 atom stereocenters. The third kappa shape index (κ3) is 3.69. The van der Waals surface area contributed by atoms with Crippen molar-refractivity contribution in [1.82, 2.24) is 0 Å². The molecule has 8 heteroatoms. The lowest BCUT2D eigenvalue weighted by Gasteiger charge is -2.47. The van der Waals surface area contributed by atoms with Gasteiger partial charge in [0.05, 0.1) is 0 Å². The maximum absolute atomic E-state index is 10.4. The molecule has 1 N–H and O–H groups in total. The van der Waals surface area contributed by atoms with Crippen LogP contribution in [0.2, 0.25) is 0 Å². The van der Waals surface area contributed by atoms with Gasteiger partial charge in [-0.25, -0.2) is 0 Å². The van der Waals surface area contributed by atoms with Gasteiger partial charge in [0.2, 0.25) is 5.79 Å². The van der Waals surface area contributed by atoms with Crippen LogP contribution in [-0.4, -0.2) is 75.0 Å². The van der Waals surface area contributed by atoms with E-state index in [9.17, 15) is 5.11 Å². The zero-order chi connectivity index (χ0) is 17.5. The van der Waals surface area contributed by atoms with Crippen molar-refractivity contribution in [3.8, 4) is 0 Å². The molecule has 8 nitrogen and oxygen atoms in total. The smallest absolute Gasteiger partial charge is 0.224 e. The lowest BCUT2D eigenvalue weighted by molar-refractivity contribution is -0.399. The van der Waals surface area contributed by atoms with Gasteiger partial charge in [-0.05, 0) is 27.7 Å². The van der Waals surface area contributed by atoms with Crippen LogP contribution in [0.1, 0.15) is 27.7 Å². The molecule has 0 saturated carbocycles. The number of aliphatic hydroxyl groups is 1. The first-order valence-corrected chi connectivity index (χ1v) is 7.58. The van der Waals surface area contributed by atoms with Gasteiger partial charge < -0.3 is 38.3 Å².